The number of hydrogen-bond donors (Lipinski definition) is 0. The van der Waals surface area contributed by atoms with E-state index in [2.05, 4.69) is 15.9 Å². The second-order valence-electron chi connectivity index (χ2n) is 4.27. The summed E-state index contributed by atoms with van der Waals surface area (Å²) in [5, 5.41) is 0. The first-order chi connectivity index (χ1) is 9.63. The molecule has 0 fully saturated rings. The van der Waals surface area contributed by atoms with Gasteiger partial charge >= 0.3 is 12.1 Å². The van der Waals surface area contributed by atoms with Gasteiger partial charge in [-0.15, -0.1) is 0 Å². The third kappa shape index (κ3) is 3.39. The first-order valence-corrected chi connectivity index (χ1v) is 7.50. The molecule has 2 rings (SSSR count). The van der Waals surface area contributed by atoms with Crippen molar-refractivity contribution in [2.24, 2.45) is 0 Å². The van der Waals surface area contributed by atoms with Crippen molar-refractivity contribution in [3.05, 3.63) is 56.1 Å². The van der Waals surface area contributed by atoms with E-state index in [9.17, 15) is 22.0 Å². The predicted molar refractivity (Wildman–Crippen MR) is 82.2 cm³/mol. The Morgan fingerprint density at radius 2 is 1.57 bits per heavy atom. The standard InChI is InChI=1S/C14H7BrF5I/c15-9-4-5-12(13(16,17)14(18,19)20)11(7-9)8-2-1-3-10(21)6-8/h1-7H. The van der Waals surface area contributed by atoms with Crippen molar-refractivity contribution in [1.29, 1.82) is 0 Å². The Kier molecular flexibility index (Phi) is 4.63. The van der Waals surface area contributed by atoms with Crippen LogP contribution in [0.1, 0.15) is 5.56 Å². The van der Waals surface area contributed by atoms with Crippen LogP contribution in [-0.2, 0) is 5.92 Å². The summed E-state index contributed by atoms with van der Waals surface area (Å²) in [5.41, 5.74) is -0.896. The van der Waals surface area contributed by atoms with E-state index in [4.69, 9.17) is 0 Å². The molecule has 0 nitrogen and oxygen atoms in total. The molecule has 0 N–H and O–H groups in total. The molecule has 0 saturated carbocycles. The van der Waals surface area contributed by atoms with Crippen LogP contribution in [0.2, 0.25) is 0 Å². The van der Waals surface area contributed by atoms with E-state index in [-0.39, 0.29) is 5.56 Å². The highest BCUT2D eigenvalue weighted by Gasteiger charge is 2.59. The smallest absolute Gasteiger partial charge is 0.191 e. The van der Waals surface area contributed by atoms with E-state index in [0.717, 1.165) is 9.64 Å². The topological polar surface area (TPSA) is 0 Å². The van der Waals surface area contributed by atoms with Crippen molar-refractivity contribution < 1.29 is 22.0 Å². The SMILES string of the molecule is FC(F)(F)C(F)(F)c1ccc(Br)cc1-c1cccc(I)c1. The van der Waals surface area contributed by atoms with Crippen molar-refractivity contribution in [2.45, 2.75) is 12.1 Å². The first-order valence-electron chi connectivity index (χ1n) is 5.63. The van der Waals surface area contributed by atoms with Crippen LogP contribution in [-0.4, -0.2) is 6.18 Å². The molecule has 0 radical (unpaired) electrons. The summed E-state index contributed by atoms with van der Waals surface area (Å²) in [5.74, 6) is -4.91. The minimum Gasteiger partial charge on any atom is -0.191 e. The Bertz CT molecular complexity index is 667. The minimum absolute atomic E-state index is 0.148. The van der Waals surface area contributed by atoms with Gasteiger partial charge in [-0.2, -0.15) is 22.0 Å². The van der Waals surface area contributed by atoms with E-state index < -0.39 is 17.7 Å². The lowest BCUT2D eigenvalue weighted by molar-refractivity contribution is -0.289. The van der Waals surface area contributed by atoms with Gasteiger partial charge in [0.15, 0.2) is 0 Å². The molecule has 0 amide bonds. The van der Waals surface area contributed by atoms with Crippen LogP contribution in [0.15, 0.2) is 46.9 Å². The van der Waals surface area contributed by atoms with E-state index in [1.54, 1.807) is 18.2 Å². The van der Waals surface area contributed by atoms with Gasteiger partial charge in [0.2, 0.25) is 0 Å². The summed E-state index contributed by atoms with van der Waals surface area (Å²) in [6.07, 6.45) is -5.64. The van der Waals surface area contributed by atoms with Gasteiger partial charge in [0.05, 0.1) is 0 Å². The maximum Gasteiger partial charge on any atom is 0.458 e. The van der Waals surface area contributed by atoms with Crippen molar-refractivity contribution in [2.75, 3.05) is 0 Å². The molecular weight excluding hydrogens is 470 g/mol. The average molecular weight is 477 g/mol. The lowest BCUT2D eigenvalue weighted by atomic mass is 9.95. The first kappa shape index (κ1) is 16.7. The van der Waals surface area contributed by atoms with Crippen molar-refractivity contribution >= 4 is 38.5 Å². The van der Waals surface area contributed by atoms with Gasteiger partial charge in [0.1, 0.15) is 0 Å². The Labute approximate surface area is 139 Å². The maximum absolute atomic E-state index is 13.7. The second-order valence-corrected chi connectivity index (χ2v) is 6.43. The molecule has 2 aromatic rings. The largest absolute Gasteiger partial charge is 0.458 e. The molecule has 0 aliphatic rings. The van der Waals surface area contributed by atoms with Gasteiger partial charge in [-0.25, -0.2) is 0 Å². The fourth-order valence-corrected chi connectivity index (χ4v) is 2.74. The third-order valence-corrected chi connectivity index (χ3v) is 3.98. The Morgan fingerprint density at radius 1 is 0.905 bits per heavy atom. The Morgan fingerprint density at radius 3 is 2.14 bits per heavy atom. The molecule has 0 unspecified atom stereocenters. The molecular formula is C14H7BrF5I. The molecule has 0 aromatic heterocycles. The minimum atomic E-state index is -5.64. The molecule has 0 atom stereocenters. The molecule has 112 valence electrons. The van der Waals surface area contributed by atoms with Crippen LogP contribution in [0.4, 0.5) is 22.0 Å². The van der Waals surface area contributed by atoms with Gasteiger partial charge in [0.25, 0.3) is 0 Å². The lowest BCUT2D eigenvalue weighted by Crippen LogP contribution is -2.34. The average Bonchev–Trinajstić information content (AvgIpc) is 2.37. The normalized spacial score (nSPS) is 12.5. The maximum atomic E-state index is 13.7. The zero-order valence-electron chi connectivity index (χ0n) is 10.2. The van der Waals surface area contributed by atoms with Crippen LogP contribution in [0.3, 0.4) is 0 Å². The van der Waals surface area contributed by atoms with Crippen LogP contribution in [0, 0.1) is 3.57 Å². The van der Waals surface area contributed by atoms with Gasteiger partial charge in [-0.3, -0.25) is 0 Å². The zero-order chi connectivity index (χ0) is 15.8. The summed E-state index contributed by atoms with van der Waals surface area (Å²) >= 11 is 5.07. The highest BCUT2D eigenvalue weighted by atomic mass is 127. The van der Waals surface area contributed by atoms with E-state index in [1.165, 1.54) is 18.2 Å². The van der Waals surface area contributed by atoms with Crippen molar-refractivity contribution in [3.63, 3.8) is 0 Å². The molecule has 0 heterocycles. The summed E-state index contributed by atoms with van der Waals surface area (Å²) in [4.78, 5) is 0. The van der Waals surface area contributed by atoms with Crippen LogP contribution < -0.4 is 0 Å². The van der Waals surface area contributed by atoms with Crippen LogP contribution in [0.5, 0.6) is 0 Å². The lowest BCUT2D eigenvalue weighted by Gasteiger charge is -2.23. The summed E-state index contributed by atoms with van der Waals surface area (Å²) < 4.78 is 66.5. The van der Waals surface area contributed by atoms with Crippen molar-refractivity contribution in [1.82, 2.24) is 0 Å². The summed E-state index contributed by atoms with van der Waals surface area (Å²) in [6.45, 7) is 0. The Hall–Kier alpha value is -0.700. The fourth-order valence-electron chi connectivity index (χ4n) is 1.84. The third-order valence-electron chi connectivity index (χ3n) is 2.81. The second kappa shape index (κ2) is 5.83. The van der Waals surface area contributed by atoms with Crippen LogP contribution in [0.25, 0.3) is 11.1 Å². The predicted octanol–water partition coefficient (Wildman–Crippen LogP) is 6.37. The highest BCUT2D eigenvalue weighted by molar-refractivity contribution is 14.1. The fraction of sp³-hybridized carbons (Fsp3) is 0.143. The van der Waals surface area contributed by atoms with Gasteiger partial charge in [0, 0.05) is 13.6 Å². The van der Waals surface area contributed by atoms with Gasteiger partial charge in [-0.1, -0.05) is 34.1 Å². The molecule has 21 heavy (non-hydrogen) atoms. The van der Waals surface area contributed by atoms with E-state index in [1.807, 2.05) is 22.6 Å². The summed E-state index contributed by atoms with van der Waals surface area (Å²) in [6, 6.07) is 9.62. The number of benzene rings is 2. The number of alkyl halides is 5. The van der Waals surface area contributed by atoms with Gasteiger partial charge < -0.3 is 0 Å². The molecule has 2 aromatic carbocycles. The molecule has 0 saturated heterocycles. The number of rotatable bonds is 2. The van der Waals surface area contributed by atoms with Crippen LogP contribution >= 0.6 is 38.5 Å². The monoisotopic (exact) mass is 476 g/mol. The molecule has 0 bridgehead atoms. The van der Waals surface area contributed by atoms with Crippen molar-refractivity contribution in [3.8, 4) is 11.1 Å². The molecule has 0 aliphatic carbocycles. The van der Waals surface area contributed by atoms with Gasteiger partial charge in [-0.05, 0) is 58.0 Å². The van der Waals surface area contributed by atoms with E-state index in [0.29, 0.717) is 10.0 Å². The van der Waals surface area contributed by atoms with E-state index >= 15 is 0 Å². The number of hydrogen-bond acceptors (Lipinski definition) is 0. The highest BCUT2D eigenvalue weighted by Crippen LogP contribution is 2.47. The summed E-state index contributed by atoms with van der Waals surface area (Å²) in [7, 11) is 0. The Balaban J connectivity index is 2.69. The zero-order valence-corrected chi connectivity index (χ0v) is 13.9. The molecule has 7 heteroatoms. The number of halogens is 7. The molecule has 0 spiro atoms. The quantitative estimate of drug-likeness (QED) is 0.349. The molecule has 0 aliphatic heterocycles.